The molecular weight excluding hydrogens is 373 g/mol. The standard InChI is InChI=1S/C14H18INO4/c1-3-19-14(18)16-12(13(17)20-10(2)15)9-11-7-5-4-6-8-11/h4-8,10,12H,3,9H2,1-2H3,(H,16,18)/t10?,12-/m1/s1. The Bertz CT molecular complexity index is 436. The largest absolute Gasteiger partial charge is 0.450 e. The van der Waals surface area contributed by atoms with Crippen LogP contribution in [0.4, 0.5) is 4.79 Å². The highest BCUT2D eigenvalue weighted by molar-refractivity contribution is 14.1. The lowest BCUT2D eigenvalue weighted by Gasteiger charge is -2.18. The fourth-order valence-corrected chi connectivity index (χ4v) is 1.85. The molecule has 1 amide bonds. The first-order valence-corrected chi connectivity index (χ1v) is 7.59. The van der Waals surface area contributed by atoms with Crippen LogP contribution in [-0.2, 0) is 20.7 Å². The van der Waals surface area contributed by atoms with Gasteiger partial charge in [-0.25, -0.2) is 9.59 Å². The van der Waals surface area contributed by atoms with E-state index < -0.39 is 18.1 Å². The molecule has 0 radical (unpaired) electrons. The Morgan fingerprint density at radius 3 is 2.50 bits per heavy atom. The van der Waals surface area contributed by atoms with Crippen LogP contribution in [0, 0.1) is 0 Å². The molecule has 1 rings (SSSR count). The molecule has 1 unspecified atom stereocenters. The van der Waals surface area contributed by atoms with Crippen LogP contribution in [-0.4, -0.2) is 28.8 Å². The molecule has 1 aromatic carbocycles. The molecule has 0 spiro atoms. The Balaban J connectivity index is 2.73. The van der Waals surface area contributed by atoms with Crippen LogP contribution in [0.2, 0.25) is 0 Å². The molecule has 1 N–H and O–H groups in total. The van der Waals surface area contributed by atoms with Gasteiger partial charge in [-0.05, 0) is 42.0 Å². The summed E-state index contributed by atoms with van der Waals surface area (Å²) in [5.41, 5.74) is 0.937. The van der Waals surface area contributed by atoms with Gasteiger partial charge in [0.2, 0.25) is 0 Å². The van der Waals surface area contributed by atoms with Gasteiger partial charge in [-0.15, -0.1) is 0 Å². The molecule has 20 heavy (non-hydrogen) atoms. The number of halogens is 1. The minimum Gasteiger partial charge on any atom is -0.450 e. The smallest absolute Gasteiger partial charge is 0.407 e. The van der Waals surface area contributed by atoms with Crippen LogP contribution in [0.15, 0.2) is 30.3 Å². The van der Waals surface area contributed by atoms with Crippen molar-refractivity contribution >= 4 is 34.7 Å². The Labute approximate surface area is 132 Å². The number of benzene rings is 1. The first-order chi connectivity index (χ1) is 9.52. The van der Waals surface area contributed by atoms with Crippen molar-refractivity contribution in [3.8, 4) is 0 Å². The van der Waals surface area contributed by atoms with E-state index in [0.717, 1.165) is 5.56 Å². The third-order valence-corrected chi connectivity index (χ3v) is 2.67. The van der Waals surface area contributed by atoms with Crippen molar-refractivity contribution < 1.29 is 19.1 Å². The van der Waals surface area contributed by atoms with Crippen molar-refractivity contribution in [1.29, 1.82) is 0 Å². The third kappa shape index (κ3) is 6.23. The molecule has 0 heterocycles. The number of hydrogen-bond acceptors (Lipinski definition) is 4. The molecule has 0 aliphatic heterocycles. The molecule has 0 bridgehead atoms. The first kappa shape index (κ1) is 16.7. The Hall–Kier alpha value is -1.31. The minimum absolute atomic E-state index is 0.252. The molecule has 0 fully saturated rings. The van der Waals surface area contributed by atoms with Gasteiger partial charge in [-0.1, -0.05) is 30.3 Å². The van der Waals surface area contributed by atoms with Gasteiger partial charge in [0.1, 0.15) is 10.2 Å². The molecule has 0 saturated heterocycles. The zero-order valence-electron chi connectivity index (χ0n) is 11.5. The summed E-state index contributed by atoms with van der Waals surface area (Å²) in [7, 11) is 0. The van der Waals surface area contributed by atoms with E-state index >= 15 is 0 Å². The summed E-state index contributed by atoms with van der Waals surface area (Å²) in [6.45, 7) is 3.71. The van der Waals surface area contributed by atoms with E-state index in [-0.39, 0.29) is 10.7 Å². The summed E-state index contributed by atoms with van der Waals surface area (Å²) in [5, 5.41) is 2.53. The molecule has 1 aromatic rings. The SMILES string of the molecule is CCOC(=O)N[C@H](Cc1ccccc1)C(=O)OC(C)I. The molecule has 0 aliphatic rings. The molecular formula is C14H18INO4. The number of carbonyl (C=O) groups excluding carboxylic acids is 2. The maximum Gasteiger partial charge on any atom is 0.407 e. The zero-order chi connectivity index (χ0) is 15.0. The topological polar surface area (TPSA) is 64.6 Å². The van der Waals surface area contributed by atoms with E-state index in [2.05, 4.69) is 5.32 Å². The van der Waals surface area contributed by atoms with Crippen molar-refractivity contribution in [2.45, 2.75) is 30.4 Å². The lowest BCUT2D eigenvalue weighted by atomic mass is 10.1. The number of carbonyl (C=O) groups is 2. The van der Waals surface area contributed by atoms with Gasteiger partial charge in [0, 0.05) is 6.42 Å². The maximum absolute atomic E-state index is 12.0. The predicted octanol–water partition coefficient (Wildman–Crippen LogP) is 2.67. The van der Waals surface area contributed by atoms with Gasteiger partial charge in [0.25, 0.3) is 0 Å². The fraction of sp³-hybridized carbons (Fsp3) is 0.429. The summed E-state index contributed by atoms with van der Waals surface area (Å²) < 4.78 is 9.68. The van der Waals surface area contributed by atoms with E-state index in [0.29, 0.717) is 6.42 Å². The van der Waals surface area contributed by atoms with Crippen molar-refractivity contribution in [2.24, 2.45) is 0 Å². The average Bonchev–Trinajstić information content (AvgIpc) is 2.38. The normalized spacial score (nSPS) is 13.2. The second kappa shape index (κ2) is 8.78. The van der Waals surface area contributed by atoms with E-state index in [4.69, 9.17) is 9.47 Å². The Morgan fingerprint density at radius 1 is 1.30 bits per heavy atom. The van der Waals surface area contributed by atoms with Crippen LogP contribution in [0.3, 0.4) is 0 Å². The number of alkyl carbamates (subject to hydrolysis) is 1. The van der Waals surface area contributed by atoms with Gasteiger partial charge >= 0.3 is 12.1 Å². The summed E-state index contributed by atoms with van der Waals surface area (Å²) in [6.07, 6.45) is -0.256. The minimum atomic E-state index is -0.756. The molecule has 0 aromatic heterocycles. The highest BCUT2D eigenvalue weighted by atomic mass is 127. The summed E-state index contributed by atoms with van der Waals surface area (Å²) >= 11 is 1.99. The van der Waals surface area contributed by atoms with Crippen molar-refractivity contribution in [3.05, 3.63) is 35.9 Å². The van der Waals surface area contributed by atoms with Crippen molar-refractivity contribution in [2.75, 3.05) is 6.61 Å². The first-order valence-electron chi connectivity index (χ1n) is 6.34. The third-order valence-electron chi connectivity index (χ3n) is 2.41. The molecule has 0 aliphatic carbocycles. The number of nitrogens with one attached hydrogen (secondary N) is 1. The zero-order valence-corrected chi connectivity index (χ0v) is 13.6. The number of hydrogen-bond donors (Lipinski definition) is 1. The second-order valence-corrected chi connectivity index (χ2v) is 5.84. The fourth-order valence-electron chi connectivity index (χ4n) is 1.60. The highest BCUT2D eigenvalue weighted by Crippen LogP contribution is 2.08. The number of rotatable bonds is 6. The van der Waals surface area contributed by atoms with E-state index in [9.17, 15) is 9.59 Å². The molecule has 110 valence electrons. The van der Waals surface area contributed by atoms with E-state index in [1.807, 2.05) is 52.9 Å². The van der Waals surface area contributed by atoms with Crippen LogP contribution in [0.5, 0.6) is 0 Å². The molecule has 0 saturated carbocycles. The summed E-state index contributed by atoms with van der Waals surface area (Å²) in [4.78, 5) is 23.5. The highest BCUT2D eigenvalue weighted by Gasteiger charge is 2.24. The second-order valence-electron chi connectivity index (χ2n) is 4.09. The van der Waals surface area contributed by atoms with Gasteiger partial charge < -0.3 is 14.8 Å². The average molecular weight is 391 g/mol. The summed E-state index contributed by atoms with van der Waals surface area (Å²) in [6, 6.07) is 8.67. The van der Waals surface area contributed by atoms with E-state index in [1.54, 1.807) is 13.8 Å². The Kier molecular flexibility index (Phi) is 7.35. The van der Waals surface area contributed by atoms with E-state index in [1.165, 1.54) is 0 Å². The van der Waals surface area contributed by atoms with Gasteiger partial charge in [-0.2, -0.15) is 0 Å². The lowest BCUT2D eigenvalue weighted by Crippen LogP contribution is -2.44. The van der Waals surface area contributed by atoms with Gasteiger partial charge in [0.15, 0.2) is 0 Å². The maximum atomic E-state index is 12.0. The molecule has 5 nitrogen and oxygen atoms in total. The van der Waals surface area contributed by atoms with Crippen LogP contribution < -0.4 is 5.32 Å². The number of amides is 1. The van der Waals surface area contributed by atoms with Gasteiger partial charge in [0.05, 0.1) is 6.61 Å². The number of alkyl halides is 1. The van der Waals surface area contributed by atoms with Crippen molar-refractivity contribution in [3.63, 3.8) is 0 Å². The van der Waals surface area contributed by atoms with Crippen LogP contribution >= 0.6 is 22.6 Å². The van der Waals surface area contributed by atoms with Crippen LogP contribution in [0.1, 0.15) is 19.4 Å². The van der Waals surface area contributed by atoms with Gasteiger partial charge in [-0.3, -0.25) is 0 Å². The molecule has 6 heteroatoms. The molecule has 2 atom stereocenters. The quantitative estimate of drug-likeness (QED) is 0.460. The number of ether oxygens (including phenoxy) is 2. The lowest BCUT2D eigenvalue weighted by molar-refractivity contribution is -0.146. The van der Waals surface area contributed by atoms with Crippen LogP contribution in [0.25, 0.3) is 0 Å². The number of esters is 1. The predicted molar refractivity (Wildman–Crippen MR) is 83.7 cm³/mol. The van der Waals surface area contributed by atoms with Crippen molar-refractivity contribution in [1.82, 2.24) is 5.32 Å². The monoisotopic (exact) mass is 391 g/mol. The Morgan fingerprint density at radius 2 is 1.95 bits per heavy atom. The summed E-state index contributed by atoms with van der Waals surface area (Å²) in [5.74, 6) is -0.469.